The van der Waals surface area contributed by atoms with Gasteiger partial charge in [0, 0.05) is 31.4 Å². The molecule has 0 aliphatic heterocycles. The van der Waals surface area contributed by atoms with E-state index in [9.17, 15) is 17.6 Å². The SMILES string of the molecule is Cc1ccc(S(=O)(=O)N(C)C)cc1NC(=O)/C=C\c1c(F)cccc1Cl. The Bertz CT molecular complexity index is 952. The third-order valence-corrected chi connectivity index (χ3v) is 5.79. The number of carbonyl (C=O) groups excluding carboxylic acids is 1. The maximum absolute atomic E-state index is 13.7. The Balaban J connectivity index is 2.26. The number of amides is 1. The number of nitrogens with zero attached hydrogens (tertiary/aromatic N) is 1. The van der Waals surface area contributed by atoms with Gasteiger partial charge in [-0.3, -0.25) is 4.79 Å². The number of benzene rings is 2. The molecule has 0 aliphatic rings. The minimum atomic E-state index is -3.62. The van der Waals surface area contributed by atoms with Gasteiger partial charge < -0.3 is 5.32 Å². The highest BCUT2D eigenvalue weighted by Gasteiger charge is 2.18. The highest BCUT2D eigenvalue weighted by atomic mass is 35.5. The summed E-state index contributed by atoms with van der Waals surface area (Å²) in [6.07, 6.45) is 2.40. The van der Waals surface area contributed by atoms with E-state index in [2.05, 4.69) is 5.32 Å². The van der Waals surface area contributed by atoms with Crippen LogP contribution in [0.2, 0.25) is 5.02 Å². The molecule has 2 aromatic rings. The van der Waals surface area contributed by atoms with Crippen molar-refractivity contribution in [2.45, 2.75) is 11.8 Å². The first-order valence-corrected chi connectivity index (χ1v) is 9.41. The van der Waals surface area contributed by atoms with Crippen molar-refractivity contribution in [1.29, 1.82) is 0 Å². The lowest BCUT2D eigenvalue weighted by atomic mass is 10.2. The average molecular weight is 397 g/mol. The van der Waals surface area contributed by atoms with Gasteiger partial charge in [0.1, 0.15) is 5.82 Å². The lowest BCUT2D eigenvalue weighted by molar-refractivity contribution is -0.111. The third kappa shape index (κ3) is 4.49. The van der Waals surface area contributed by atoms with Crippen molar-refractivity contribution in [3.05, 3.63) is 64.4 Å². The predicted molar refractivity (Wildman–Crippen MR) is 101 cm³/mol. The van der Waals surface area contributed by atoms with Crippen molar-refractivity contribution in [2.75, 3.05) is 19.4 Å². The van der Waals surface area contributed by atoms with Crippen molar-refractivity contribution in [3.63, 3.8) is 0 Å². The molecule has 0 aliphatic carbocycles. The fourth-order valence-electron chi connectivity index (χ4n) is 2.11. The predicted octanol–water partition coefficient (Wildman–Crippen LogP) is 3.69. The van der Waals surface area contributed by atoms with Crippen molar-refractivity contribution in [2.24, 2.45) is 0 Å². The first kappa shape index (κ1) is 20.1. The van der Waals surface area contributed by atoms with E-state index in [1.54, 1.807) is 13.0 Å². The van der Waals surface area contributed by atoms with Crippen LogP contribution in [0.5, 0.6) is 0 Å². The van der Waals surface area contributed by atoms with Gasteiger partial charge in [0.15, 0.2) is 0 Å². The van der Waals surface area contributed by atoms with E-state index in [1.807, 2.05) is 0 Å². The van der Waals surface area contributed by atoms with E-state index in [1.165, 1.54) is 50.5 Å². The molecule has 0 saturated carbocycles. The molecule has 0 bridgehead atoms. The maximum Gasteiger partial charge on any atom is 0.248 e. The summed E-state index contributed by atoms with van der Waals surface area (Å²) in [5.41, 5.74) is 1.14. The van der Waals surface area contributed by atoms with Crippen LogP contribution in [0.1, 0.15) is 11.1 Å². The molecule has 1 N–H and O–H groups in total. The number of hydrogen-bond donors (Lipinski definition) is 1. The zero-order valence-electron chi connectivity index (χ0n) is 14.5. The Hall–Kier alpha value is -2.22. The number of nitrogens with one attached hydrogen (secondary N) is 1. The molecule has 2 rings (SSSR count). The van der Waals surface area contributed by atoms with Gasteiger partial charge in [-0.2, -0.15) is 0 Å². The molecular weight excluding hydrogens is 379 g/mol. The molecule has 2 aromatic carbocycles. The second kappa shape index (κ2) is 7.99. The van der Waals surface area contributed by atoms with Crippen LogP contribution in [0, 0.1) is 12.7 Å². The molecule has 1 amide bonds. The van der Waals surface area contributed by atoms with Gasteiger partial charge in [0.05, 0.1) is 9.92 Å². The van der Waals surface area contributed by atoms with Gasteiger partial charge in [0.25, 0.3) is 0 Å². The van der Waals surface area contributed by atoms with Crippen molar-refractivity contribution in [3.8, 4) is 0 Å². The smallest absolute Gasteiger partial charge is 0.248 e. The van der Waals surface area contributed by atoms with E-state index < -0.39 is 21.7 Å². The molecule has 0 spiro atoms. The molecule has 0 radical (unpaired) electrons. The van der Waals surface area contributed by atoms with E-state index in [-0.39, 0.29) is 15.5 Å². The summed E-state index contributed by atoms with van der Waals surface area (Å²) in [5.74, 6) is -1.08. The quantitative estimate of drug-likeness (QED) is 0.784. The first-order chi connectivity index (χ1) is 12.1. The number of hydrogen-bond acceptors (Lipinski definition) is 3. The standard InChI is InChI=1S/C18H18ClFN2O3S/c1-12-7-8-13(26(24,25)22(2)3)11-17(12)21-18(23)10-9-14-15(19)5-4-6-16(14)20/h4-11H,1-3H3,(H,21,23)/b10-9-. The van der Waals surface area contributed by atoms with Gasteiger partial charge in [-0.05, 0) is 42.8 Å². The van der Waals surface area contributed by atoms with Crippen molar-refractivity contribution < 1.29 is 17.6 Å². The van der Waals surface area contributed by atoms with Crippen LogP contribution in [0.4, 0.5) is 10.1 Å². The first-order valence-electron chi connectivity index (χ1n) is 7.59. The number of rotatable bonds is 5. The van der Waals surface area contributed by atoms with Crippen LogP contribution in [-0.4, -0.2) is 32.7 Å². The normalized spacial score (nSPS) is 11.9. The van der Waals surface area contributed by atoms with E-state index in [0.29, 0.717) is 11.3 Å². The molecule has 0 aromatic heterocycles. The summed E-state index contributed by atoms with van der Waals surface area (Å²) in [6.45, 7) is 1.74. The molecular formula is C18H18ClFN2O3S. The second-order valence-corrected chi connectivity index (χ2v) is 8.28. The fourth-order valence-corrected chi connectivity index (χ4v) is 3.26. The zero-order valence-corrected chi connectivity index (χ0v) is 16.0. The Labute approximate surface area is 157 Å². The maximum atomic E-state index is 13.7. The summed E-state index contributed by atoms with van der Waals surface area (Å²) in [4.78, 5) is 12.2. The van der Waals surface area contributed by atoms with Gasteiger partial charge in [-0.1, -0.05) is 23.7 Å². The summed E-state index contributed by atoms with van der Waals surface area (Å²) < 4.78 is 39.2. The largest absolute Gasteiger partial charge is 0.322 e. The van der Waals surface area contributed by atoms with Crippen LogP contribution >= 0.6 is 11.6 Å². The van der Waals surface area contributed by atoms with Crippen LogP contribution in [0.3, 0.4) is 0 Å². The molecule has 0 heterocycles. The van der Waals surface area contributed by atoms with Crippen LogP contribution in [0.15, 0.2) is 47.4 Å². The van der Waals surface area contributed by atoms with Gasteiger partial charge in [0.2, 0.25) is 15.9 Å². The third-order valence-electron chi connectivity index (χ3n) is 3.65. The lowest BCUT2D eigenvalue weighted by Gasteiger charge is -2.14. The monoisotopic (exact) mass is 396 g/mol. The van der Waals surface area contributed by atoms with E-state index in [0.717, 1.165) is 10.4 Å². The molecule has 5 nitrogen and oxygen atoms in total. The average Bonchev–Trinajstić information content (AvgIpc) is 2.56. The van der Waals surface area contributed by atoms with Crippen molar-refractivity contribution >= 4 is 39.3 Å². The number of sulfonamides is 1. The Morgan fingerprint density at radius 2 is 1.92 bits per heavy atom. The number of anilines is 1. The van der Waals surface area contributed by atoms with E-state index in [4.69, 9.17) is 11.6 Å². The molecule has 0 saturated heterocycles. The van der Waals surface area contributed by atoms with Crippen LogP contribution < -0.4 is 5.32 Å². The summed E-state index contributed by atoms with van der Waals surface area (Å²) in [7, 11) is -0.772. The number of aryl methyl sites for hydroxylation is 1. The lowest BCUT2D eigenvalue weighted by Crippen LogP contribution is -2.22. The van der Waals surface area contributed by atoms with Crippen LogP contribution in [-0.2, 0) is 14.8 Å². The topological polar surface area (TPSA) is 66.5 Å². The Morgan fingerprint density at radius 1 is 1.23 bits per heavy atom. The molecule has 0 unspecified atom stereocenters. The second-order valence-electron chi connectivity index (χ2n) is 5.72. The zero-order chi connectivity index (χ0) is 19.5. The van der Waals surface area contributed by atoms with Gasteiger partial charge in [-0.15, -0.1) is 0 Å². The molecule has 26 heavy (non-hydrogen) atoms. The number of halogens is 2. The summed E-state index contributed by atoms with van der Waals surface area (Å²) in [5, 5.41) is 2.78. The Kier molecular flexibility index (Phi) is 6.17. The highest BCUT2D eigenvalue weighted by molar-refractivity contribution is 7.89. The van der Waals surface area contributed by atoms with Crippen molar-refractivity contribution in [1.82, 2.24) is 4.31 Å². The van der Waals surface area contributed by atoms with Gasteiger partial charge >= 0.3 is 0 Å². The van der Waals surface area contributed by atoms with Gasteiger partial charge in [-0.25, -0.2) is 17.1 Å². The fraction of sp³-hybridized carbons (Fsp3) is 0.167. The molecule has 8 heteroatoms. The number of carbonyl (C=O) groups is 1. The molecule has 138 valence electrons. The minimum Gasteiger partial charge on any atom is -0.322 e. The molecule has 0 fully saturated rings. The highest BCUT2D eigenvalue weighted by Crippen LogP contribution is 2.23. The summed E-state index contributed by atoms with van der Waals surface area (Å²) in [6, 6.07) is 8.67. The molecule has 0 atom stereocenters. The van der Waals surface area contributed by atoms with Crippen LogP contribution in [0.25, 0.3) is 6.08 Å². The Morgan fingerprint density at radius 3 is 2.54 bits per heavy atom. The van der Waals surface area contributed by atoms with E-state index >= 15 is 0 Å². The minimum absolute atomic E-state index is 0.0597. The summed E-state index contributed by atoms with van der Waals surface area (Å²) >= 11 is 5.90.